The van der Waals surface area contributed by atoms with Crippen LogP contribution in [0.15, 0.2) is 0 Å². The lowest BCUT2D eigenvalue weighted by atomic mass is 10.1. The molecule has 0 atom stereocenters. The van der Waals surface area contributed by atoms with Gasteiger partial charge in [-0.15, -0.1) is 0 Å². The molecule has 1 aromatic rings. The molecule has 1 heterocycles. The topological polar surface area (TPSA) is 92.2 Å². The summed E-state index contributed by atoms with van der Waals surface area (Å²) in [5, 5.41) is 8.35. The van der Waals surface area contributed by atoms with E-state index in [0.717, 1.165) is 0 Å². The van der Waals surface area contributed by atoms with E-state index in [1.165, 1.54) is 7.11 Å². The maximum atomic E-state index is 11.7. The minimum Gasteiger partial charge on any atom is -0.465 e. The first-order valence-corrected chi connectivity index (χ1v) is 5.40. The predicted molar refractivity (Wildman–Crippen MR) is 62.1 cm³/mol. The zero-order valence-electron chi connectivity index (χ0n) is 10.5. The number of methoxy groups -OCH3 is 1. The molecule has 0 aliphatic carbocycles. The van der Waals surface area contributed by atoms with E-state index in [9.17, 15) is 9.59 Å². The van der Waals surface area contributed by atoms with E-state index < -0.39 is 11.9 Å². The summed E-state index contributed by atoms with van der Waals surface area (Å²) >= 11 is 0. The summed E-state index contributed by atoms with van der Waals surface area (Å²) in [4.78, 5) is 26.1. The van der Waals surface area contributed by atoms with Crippen LogP contribution in [0.1, 0.15) is 39.0 Å². The van der Waals surface area contributed by atoms with Gasteiger partial charge < -0.3 is 14.5 Å². The van der Waals surface area contributed by atoms with Crippen LogP contribution in [0.25, 0.3) is 0 Å². The van der Waals surface area contributed by atoms with E-state index in [4.69, 9.17) is 10.00 Å². The van der Waals surface area contributed by atoms with E-state index in [1.807, 2.05) is 6.92 Å². The molecular weight excluding hydrogens is 236 g/mol. The Morgan fingerprint density at radius 1 is 1.39 bits per heavy atom. The van der Waals surface area contributed by atoms with Crippen molar-refractivity contribution >= 4 is 11.9 Å². The Morgan fingerprint density at radius 3 is 2.56 bits per heavy atom. The molecule has 1 rings (SSSR count). The molecule has 6 nitrogen and oxygen atoms in total. The van der Waals surface area contributed by atoms with Gasteiger partial charge in [-0.1, -0.05) is 6.92 Å². The molecular formula is C12H14N2O4. The largest absolute Gasteiger partial charge is 0.465 e. The van der Waals surface area contributed by atoms with Crippen molar-refractivity contribution in [3.05, 3.63) is 22.5 Å². The number of carbonyl (C=O) groups is 2. The summed E-state index contributed by atoms with van der Waals surface area (Å²) in [5.74, 6) is -1.15. The monoisotopic (exact) mass is 250 g/mol. The average molecular weight is 250 g/mol. The van der Waals surface area contributed by atoms with Crippen molar-refractivity contribution < 1.29 is 19.1 Å². The zero-order chi connectivity index (χ0) is 13.7. The molecule has 0 aliphatic heterocycles. The van der Waals surface area contributed by atoms with Crippen molar-refractivity contribution in [1.29, 1.82) is 5.26 Å². The second kappa shape index (κ2) is 5.87. The highest BCUT2D eigenvalue weighted by molar-refractivity contribution is 5.98. The number of carbonyl (C=O) groups excluding carboxylic acids is 2. The number of nitrogens with zero attached hydrogens (tertiary/aromatic N) is 1. The number of nitrogens with one attached hydrogen (secondary N) is 1. The first kappa shape index (κ1) is 13.8. The fourth-order valence-electron chi connectivity index (χ4n) is 1.68. The number of aryl methyl sites for hydroxylation is 1. The molecule has 1 N–H and O–H groups in total. The highest BCUT2D eigenvalue weighted by Crippen LogP contribution is 2.20. The fourth-order valence-corrected chi connectivity index (χ4v) is 1.68. The van der Waals surface area contributed by atoms with Gasteiger partial charge in [0, 0.05) is 5.69 Å². The van der Waals surface area contributed by atoms with Gasteiger partial charge >= 0.3 is 11.9 Å². The van der Waals surface area contributed by atoms with E-state index in [2.05, 4.69) is 9.72 Å². The molecule has 0 aromatic carbocycles. The first-order valence-electron chi connectivity index (χ1n) is 5.40. The molecule has 0 fully saturated rings. The van der Waals surface area contributed by atoms with Crippen LogP contribution in [0.4, 0.5) is 0 Å². The third kappa shape index (κ3) is 2.51. The van der Waals surface area contributed by atoms with Crippen LogP contribution in [-0.2, 0) is 15.9 Å². The van der Waals surface area contributed by atoms with Crippen LogP contribution in [-0.4, -0.2) is 30.6 Å². The van der Waals surface area contributed by atoms with Gasteiger partial charge in [0.25, 0.3) is 0 Å². The third-order valence-corrected chi connectivity index (χ3v) is 2.54. The molecule has 0 spiro atoms. The van der Waals surface area contributed by atoms with Crippen molar-refractivity contribution in [2.75, 3.05) is 13.7 Å². The second-order valence-electron chi connectivity index (χ2n) is 3.56. The Hall–Kier alpha value is -2.29. The van der Waals surface area contributed by atoms with E-state index >= 15 is 0 Å². The molecule has 0 saturated heterocycles. The Kier molecular flexibility index (Phi) is 4.49. The number of hydrogen-bond acceptors (Lipinski definition) is 5. The number of rotatable bonds is 4. The van der Waals surface area contributed by atoms with E-state index in [1.54, 1.807) is 13.0 Å². The number of H-pyrrole nitrogens is 1. The van der Waals surface area contributed by atoms with Crippen LogP contribution in [0.2, 0.25) is 0 Å². The fraction of sp³-hybridized carbons (Fsp3) is 0.417. The number of nitriles is 1. The van der Waals surface area contributed by atoms with Gasteiger partial charge in [-0.05, 0) is 18.9 Å². The van der Waals surface area contributed by atoms with Crippen LogP contribution in [0, 0.1) is 18.3 Å². The summed E-state index contributed by atoms with van der Waals surface area (Å²) in [5.41, 5.74) is 1.62. The minimum atomic E-state index is -0.654. The molecule has 0 bridgehead atoms. The lowest BCUT2D eigenvalue weighted by molar-refractivity contribution is 0.0548. The Morgan fingerprint density at radius 2 is 2.06 bits per heavy atom. The number of hydrogen-bond donors (Lipinski definition) is 1. The molecule has 0 aliphatic rings. The first-order chi connectivity index (χ1) is 8.56. The summed E-state index contributed by atoms with van der Waals surface area (Å²) in [7, 11) is 1.28. The summed E-state index contributed by atoms with van der Waals surface area (Å²) < 4.78 is 9.37. The molecule has 0 amide bonds. The molecule has 6 heteroatoms. The van der Waals surface area contributed by atoms with Crippen molar-refractivity contribution in [2.24, 2.45) is 0 Å². The SMILES string of the molecule is CCc1[nH]c(C(=O)OCC#N)c(C)c1C(=O)OC. The normalized spacial score (nSPS) is 9.67. The predicted octanol–water partition coefficient (Wildman–Crippen LogP) is 1.35. The molecule has 96 valence electrons. The van der Waals surface area contributed by atoms with E-state index in [-0.39, 0.29) is 12.3 Å². The van der Waals surface area contributed by atoms with Gasteiger partial charge in [-0.2, -0.15) is 5.26 Å². The maximum Gasteiger partial charge on any atom is 0.356 e. The van der Waals surface area contributed by atoms with Crippen LogP contribution >= 0.6 is 0 Å². The Balaban J connectivity index is 3.16. The van der Waals surface area contributed by atoms with Gasteiger partial charge in [-0.25, -0.2) is 9.59 Å². The quantitative estimate of drug-likeness (QED) is 0.814. The Labute approximate surface area is 105 Å². The summed E-state index contributed by atoms with van der Waals surface area (Å²) in [6.07, 6.45) is 0.552. The highest BCUT2D eigenvalue weighted by Gasteiger charge is 2.24. The molecule has 18 heavy (non-hydrogen) atoms. The average Bonchev–Trinajstić information content (AvgIpc) is 2.72. The van der Waals surface area contributed by atoms with Crippen LogP contribution in [0.3, 0.4) is 0 Å². The van der Waals surface area contributed by atoms with Crippen molar-refractivity contribution in [1.82, 2.24) is 4.98 Å². The molecule has 1 aromatic heterocycles. The second-order valence-corrected chi connectivity index (χ2v) is 3.56. The molecule has 0 unspecified atom stereocenters. The lowest BCUT2D eigenvalue weighted by Gasteiger charge is -2.01. The maximum absolute atomic E-state index is 11.7. The van der Waals surface area contributed by atoms with Crippen molar-refractivity contribution in [3.8, 4) is 6.07 Å². The van der Waals surface area contributed by atoms with Crippen molar-refractivity contribution in [2.45, 2.75) is 20.3 Å². The summed E-state index contributed by atoms with van der Waals surface area (Å²) in [6, 6.07) is 1.71. The van der Waals surface area contributed by atoms with E-state index in [0.29, 0.717) is 23.2 Å². The number of esters is 2. The van der Waals surface area contributed by atoms with Crippen LogP contribution < -0.4 is 0 Å². The van der Waals surface area contributed by atoms with Crippen molar-refractivity contribution in [3.63, 3.8) is 0 Å². The van der Waals surface area contributed by atoms with Gasteiger partial charge in [0.1, 0.15) is 11.8 Å². The molecule has 0 saturated carbocycles. The Bertz CT molecular complexity index is 511. The third-order valence-electron chi connectivity index (χ3n) is 2.54. The van der Waals surface area contributed by atoms with Crippen LogP contribution in [0.5, 0.6) is 0 Å². The van der Waals surface area contributed by atoms with Gasteiger partial charge in [0.15, 0.2) is 6.61 Å². The zero-order valence-corrected chi connectivity index (χ0v) is 10.5. The minimum absolute atomic E-state index is 0.183. The molecule has 0 radical (unpaired) electrons. The standard InChI is InChI=1S/C12H14N2O4/c1-4-8-9(11(15)17-3)7(2)10(14-8)12(16)18-6-5-13/h14H,4,6H2,1-3H3. The highest BCUT2D eigenvalue weighted by atomic mass is 16.5. The number of aromatic nitrogens is 1. The van der Waals surface area contributed by atoms with Gasteiger partial charge in [0.05, 0.1) is 12.7 Å². The number of ether oxygens (including phenoxy) is 2. The van der Waals surface area contributed by atoms with Gasteiger partial charge in [0.2, 0.25) is 0 Å². The smallest absolute Gasteiger partial charge is 0.356 e. The van der Waals surface area contributed by atoms with Gasteiger partial charge in [-0.3, -0.25) is 0 Å². The number of aromatic amines is 1. The summed E-state index contributed by atoms with van der Waals surface area (Å²) in [6.45, 7) is 3.15. The lowest BCUT2D eigenvalue weighted by Crippen LogP contribution is -2.08.